The van der Waals surface area contributed by atoms with Gasteiger partial charge in [0.1, 0.15) is 6.61 Å². The second-order valence-electron chi connectivity index (χ2n) is 5.83. The molecule has 2 N–H and O–H groups in total. The first-order chi connectivity index (χ1) is 10.1. The molecule has 0 bridgehead atoms. The molecule has 0 unspecified atom stereocenters. The number of aliphatic carboxylic acids is 1. The average Bonchev–Trinajstić information content (AvgIpc) is 3.30. The third-order valence-corrected chi connectivity index (χ3v) is 4.08. The maximum absolute atomic E-state index is 12.0. The molecule has 0 aromatic heterocycles. The van der Waals surface area contributed by atoms with Crippen LogP contribution in [0.4, 0.5) is 4.79 Å². The summed E-state index contributed by atoms with van der Waals surface area (Å²) in [4.78, 5) is 26.5. The van der Waals surface area contributed by atoms with Gasteiger partial charge in [0.05, 0.1) is 6.10 Å². The minimum atomic E-state index is -0.949. The predicted octanol–water partition coefficient (Wildman–Crippen LogP) is 0.356. The van der Waals surface area contributed by atoms with Crippen LogP contribution in [0.3, 0.4) is 0 Å². The van der Waals surface area contributed by atoms with Gasteiger partial charge in [-0.05, 0) is 32.7 Å². The van der Waals surface area contributed by atoms with Crippen molar-refractivity contribution in [1.29, 1.82) is 0 Å². The van der Waals surface area contributed by atoms with E-state index in [1.54, 1.807) is 4.90 Å². The predicted molar refractivity (Wildman–Crippen MR) is 77.2 cm³/mol. The lowest BCUT2D eigenvalue weighted by Gasteiger charge is -2.31. The number of piperidine rings is 1. The molecule has 0 spiro atoms. The van der Waals surface area contributed by atoms with Crippen molar-refractivity contribution in [2.45, 2.75) is 37.8 Å². The Balaban J connectivity index is 1.57. The van der Waals surface area contributed by atoms with E-state index in [1.807, 2.05) is 0 Å². The number of ether oxygens (including phenoxy) is 1. The second-order valence-corrected chi connectivity index (χ2v) is 5.83. The zero-order valence-corrected chi connectivity index (χ0v) is 12.6. The molecule has 1 aliphatic carbocycles. The number of rotatable bonds is 7. The highest BCUT2D eigenvalue weighted by molar-refractivity contribution is 5.74. The van der Waals surface area contributed by atoms with Gasteiger partial charge in [0.2, 0.25) is 0 Å². The quantitative estimate of drug-likeness (QED) is 0.709. The molecule has 7 heteroatoms. The Kier molecular flexibility index (Phi) is 5.81. The van der Waals surface area contributed by atoms with Crippen molar-refractivity contribution in [3.63, 3.8) is 0 Å². The highest BCUT2D eigenvalue weighted by Gasteiger charge is 2.26. The van der Waals surface area contributed by atoms with E-state index in [1.165, 1.54) is 12.8 Å². The van der Waals surface area contributed by atoms with Crippen molar-refractivity contribution < 1.29 is 19.4 Å². The summed E-state index contributed by atoms with van der Waals surface area (Å²) in [6, 6.07) is 0.680. The van der Waals surface area contributed by atoms with Crippen molar-refractivity contribution in [3.8, 4) is 0 Å². The molecule has 1 heterocycles. The molecule has 120 valence electrons. The van der Waals surface area contributed by atoms with Crippen LogP contribution in [-0.2, 0) is 9.53 Å². The molecule has 0 atom stereocenters. The number of nitrogens with one attached hydrogen (secondary N) is 1. The number of carbonyl (C=O) groups excluding carboxylic acids is 1. The van der Waals surface area contributed by atoms with E-state index in [4.69, 9.17) is 9.84 Å². The Morgan fingerprint density at radius 2 is 1.95 bits per heavy atom. The van der Waals surface area contributed by atoms with Gasteiger partial charge >= 0.3 is 12.0 Å². The highest BCUT2D eigenvalue weighted by Crippen LogP contribution is 2.24. The summed E-state index contributed by atoms with van der Waals surface area (Å²) in [5, 5.41) is 11.5. The number of nitrogens with zero attached hydrogens (tertiary/aromatic N) is 2. The van der Waals surface area contributed by atoms with Crippen LogP contribution in [0.2, 0.25) is 0 Å². The van der Waals surface area contributed by atoms with Gasteiger partial charge in [0, 0.05) is 32.2 Å². The van der Waals surface area contributed by atoms with Gasteiger partial charge in [-0.25, -0.2) is 9.59 Å². The van der Waals surface area contributed by atoms with Crippen molar-refractivity contribution >= 4 is 12.0 Å². The number of carboxylic acid groups (broad SMARTS) is 1. The summed E-state index contributed by atoms with van der Waals surface area (Å²) in [6.07, 6.45) is 3.89. The van der Waals surface area contributed by atoms with Crippen LogP contribution in [0.1, 0.15) is 25.7 Å². The van der Waals surface area contributed by atoms with E-state index in [0.717, 1.165) is 6.54 Å². The normalized spacial score (nSPS) is 19.8. The number of carboxylic acids is 1. The van der Waals surface area contributed by atoms with Crippen LogP contribution in [0, 0.1) is 0 Å². The van der Waals surface area contributed by atoms with Crippen molar-refractivity contribution in [2.75, 3.05) is 39.8 Å². The van der Waals surface area contributed by atoms with E-state index in [2.05, 4.69) is 17.3 Å². The van der Waals surface area contributed by atoms with Gasteiger partial charge in [0.25, 0.3) is 0 Å². The van der Waals surface area contributed by atoms with E-state index < -0.39 is 5.97 Å². The molecule has 0 aromatic rings. The Morgan fingerprint density at radius 3 is 2.52 bits per heavy atom. The summed E-state index contributed by atoms with van der Waals surface area (Å²) in [5.41, 5.74) is 0. The van der Waals surface area contributed by atoms with E-state index in [0.29, 0.717) is 38.5 Å². The SMILES string of the molecule is CN(CCNC(=O)N1CCC(OCC(=O)O)CC1)C1CC1. The average molecular weight is 299 g/mol. The number of hydrogen-bond donors (Lipinski definition) is 2. The molecule has 2 aliphatic rings. The molecule has 2 rings (SSSR count). The molecular weight excluding hydrogens is 274 g/mol. The number of hydrogen-bond acceptors (Lipinski definition) is 4. The second kappa shape index (κ2) is 7.61. The number of carbonyl (C=O) groups is 2. The smallest absolute Gasteiger partial charge is 0.329 e. The van der Waals surface area contributed by atoms with Crippen LogP contribution >= 0.6 is 0 Å². The Labute approximate surface area is 125 Å². The number of amides is 2. The number of urea groups is 1. The van der Waals surface area contributed by atoms with Crippen LogP contribution in [0.5, 0.6) is 0 Å². The monoisotopic (exact) mass is 299 g/mol. The lowest BCUT2D eigenvalue weighted by molar-refractivity contribution is -0.145. The molecule has 21 heavy (non-hydrogen) atoms. The molecule has 2 fully saturated rings. The summed E-state index contributed by atoms with van der Waals surface area (Å²) in [7, 11) is 2.09. The largest absolute Gasteiger partial charge is 0.480 e. The van der Waals surface area contributed by atoms with Gasteiger partial charge in [-0.3, -0.25) is 0 Å². The minimum Gasteiger partial charge on any atom is -0.480 e. The zero-order chi connectivity index (χ0) is 15.2. The van der Waals surface area contributed by atoms with Crippen molar-refractivity contribution in [1.82, 2.24) is 15.1 Å². The minimum absolute atomic E-state index is 0.0316. The van der Waals surface area contributed by atoms with Gasteiger partial charge in [0.15, 0.2) is 0 Å². The molecule has 2 amide bonds. The van der Waals surface area contributed by atoms with Gasteiger partial charge in [-0.1, -0.05) is 0 Å². The fraction of sp³-hybridized carbons (Fsp3) is 0.857. The first-order valence-electron chi connectivity index (χ1n) is 7.62. The third-order valence-electron chi connectivity index (χ3n) is 4.08. The van der Waals surface area contributed by atoms with Crippen LogP contribution < -0.4 is 5.32 Å². The fourth-order valence-electron chi connectivity index (χ4n) is 2.56. The van der Waals surface area contributed by atoms with Crippen LogP contribution in [0.25, 0.3) is 0 Å². The Bertz CT molecular complexity index is 365. The van der Waals surface area contributed by atoms with Gasteiger partial charge in [-0.2, -0.15) is 0 Å². The zero-order valence-electron chi connectivity index (χ0n) is 12.6. The van der Waals surface area contributed by atoms with Crippen molar-refractivity contribution in [3.05, 3.63) is 0 Å². The molecule has 0 radical (unpaired) electrons. The first-order valence-corrected chi connectivity index (χ1v) is 7.62. The molecular formula is C14H25N3O4. The summed E-state index contributed by atoms with van der Waals surface area (Å²) in [6.45, 7) is 2.53. The third kappa shape index (κ3) is 5.51. The van der Waals surface area contributed by atoms with E-state index in [-0.39, 0.29) is 18.7 Å². The number of likely N-dealkylation sites (N-methyl/N-ethyl adjacent to an activating group) is 1. The summed E-state index contributed by atoms with van der Waals surface area (Å²) in [5.74, 6) is -0.949. The van der Waals surface area contributed by atoms with E-state index >= 15 is 0 Å². The first kappa shape index (κ1) is 16.0. The van der Waals surface area contributed by atoms with Crippen molar-refractivity contribution in [2.24, 2.45) is 0 Å². The number of likely N-dealkylation sites (tertiary alicyclic amines) is 1. The standard InChI is InChI=1S/C14H25N3O4/c1-16(11-2-3-11)9-6-15-14(20)17-7-4-12(5-8-17)21-10-13(18)19/h11-12H,2-10H2,1H3,(H,15,20)(H,18,19). The lowest BCUT2D eigenvalue weighted by Crippen LogP contribution is -2.47. The van der Waals surface area contributed by atoms with E-state index in [9.17, 15) is 9.59 Å². The summed E-state index contributed by atoms with van der Waals surface area (Å²) < 4.78 is 5.25. The lowest BCUT2D eigenvalue weighted by atomic mass is 10.1. The topological polar surface area (TPSA) is 82.1 Å². The maximum Gasteiger partial charge on any atom is 0.329 e. The molecule has 0 aromatic carbocycles. The summed E-state index contributed by atoms with van der Waals surface area (Å²) >= 11 is 0. The molecule has 1 saturated carbocycles. The maximum atomic E-state index is 12.0. The van der Waals surface area contributed by atoms with Crippen LogP contribution in [0.15, 0.2) is 0 Å². The molecule has 7 nitrogen and oxygen atoms in total. The van der Waals surface area contributed by atoms with Gasteiger partial charge in [-0.15, -0.1) is 0 Å². The molecule has 1 saturated heterocycles. The Hall–Kier alpha value is -1.34. The highest BCUT2D eigenvalue weighted by atomic mass is 16.5. The Morgan fingerprint density at radius 1 is 1.29 bits per heavy atom. The fourth-order valence-corrected chi connectivity index (χ4v) is 2.56. The van der Waals surface area contributed by atoms with Crippen LogP contribution in [-0.4, -0.2) is 78.9 Å². The molecule has 1 aliphatic heterocycles. The van der Waals surface area contributed by atoms with Gasteiger partial charge < -0.3 is 25.0 Å².